The average molecular weight is 354 g/mol. The molecule has 0 spiro atoms. The fourth-order valence-corrected chi connectivity index (χ4v) is 2.59. The molecular formula is C20H26N4O2. The van der Waals surface area contributed by atoms with Gasteiger partial charge in [-0.25, -0.2) is 14.8 Å². The SMILES string of the molecule is CN(c1nccc(-c2ccc(CNC(=O)OC(C)(C)C)cc2)n1)C1CC1. The van der Waals surface area contributed by atoms with Gasteiger partial charge in [0, 0.05) is 31.4 Å². The van der Waals surface area contributed by atoms with Crippen LogP contribution in [0.5, 0.6) is 0 Å². The molecule has 0 radical (unpaired) electrons. The van der Waals surface area contributed by atoms with E-state index in [4.69, 9.17) is 4.74 Å². The maximum atomic E-state index is 11.7. The van der Waals surface area contributed by atoms with E-state index in [0.29, 0.717) is 12.6 Å². The van der Waals surface area contributed by atoms with E-state index in [9.17, 15) is 4.79 Å². The molecule has 1 fully saturated rings. The van der Waals surface area contributed by atoms with Gasteiger partial charge < -0.3 is 15.0 Å². The predicted octanol–water partition coefficient (Wildman–Crippen LogP) is 3.77. The van der Waals surface area contributed by atoms with Crippen LogP contribution in [-0.2, 0) is 11.3 Å². The van der Waals surface area contributed by atoms with E-state index in [1.54, 1.807) is 6.20 Å². The summed E-state index contributed by atoms with van der Waals surface area (Å²) in [4.78, 5) is 22.9. The molecule has 26 heavy (non-hydrogen) atoms. The number of amides is 1. The Labute approximate surface area is 154 Å². The van der Waals surface area contributed by atoms with Crippen molar-refractivity contribution in [3.63, 3.8) is 0 Å². The lowest BCUT2D eigenvalue weighted by Crippen LogP contribution is -2.32. The van der Waals surface area contributed by atoms with Crippen molar-refractivity contribution in [3.05, 3.63) is 42.1 Å². The minimum atomic E-state index is -0.494. The number of carbonyl (C=O) groups excluding carboxylic acids is 1. The third-order valence-corrected chi connectivity index (χ3v) is 4.14. The van der Waals surface area contributed by atoms with Gasteiger partial charge in [0.1, 0.15) is 5.60 Å². The van der Waals surface area contributed by atoms with E-state index in [-0.39, 0.29) is 0 Å². The molecule has 6 heteroatoms. The summed E-state index contributed by atoms with van der Waals surface area (Å²) < 4.78 is 5.24. The Kier molecular flexibility index (Phi) is 5.11. The number of hydrogen-bond acceptors (Lipinski definition) is 5. The molecule has 3 rings (SSSR count). The second-order valence-corrected chi connectivity index (χ2v) is 7.64. The van der Waals surface area contributed by atoms with Crippen LogP contribution in [0.1, 0.15) is 39.2 Å². The highest BCUT2D eigenvalue weighted by Gasteiger charge is 2.28. The van der Waals surface area contributed by atoms with Gasteiger partial charge in [0.2, 0.25) is 5.95 Å². The number of aromatic nitrogens is 2. The highest BCUT2D eigenvalue weighted by molar-refractivity contribution is 5.67. The molecule has 0 aliphatic heterocycles. The van der Waals surface area contributed by atoms with Gasteiger partial charge in [-0.15, -0.1) is 0 Å². The number of hydrogen-bond donors (Lipinski definition) is 1. The summed E-state index contributed by atoms with van der Waals surface area (Å²) in [5.41, 5.74) is 2.43. The highest BCUT2D eigenvalue weighted by atomic mass is 16.6. The Morgan fingerprint density at radius 2 is 1.92 bits per heavy atom. The lowest BCUT2D eigenvalue weighted by Gasteiger charge is -2.19. The summed E-state index contributed by atoms with van der Waals surface area (Å²) in [6, 6.07) is 10.5. The van der Waals surface area contributed by atoms with Crippen molar-refractivity contribution in [3.8, 4) is 11.3 Å². The third-order valence-electron chi connectivity index (χ3n) is 4.14. The van der Waals surface area contributed by atoms with Crippen LogP contribution in [0.3, 0.4) is 0 Å². The lowest BCUT2D eigenvalue weighted by atomic mass is 10.1. The summed E-state index contributed by atoms with van der Waals surface area (Å²) in [5, 5.41) is 2.76. The monoisotopic (exact) mass is 354 g/mol. The summed E-state index contributed by atoms with van der Waals surface area (Å²) in [7, 11) is 2.04. The first-order valence-corrected chi connectivity index (χ1v) is 8.94. The number of rotatable bonds is 5. The van der Waals surface area contributed by atoms with Gasteiger partial charge in [0.05, 0.1) is 5.69 Å². The van der Waals surface area contributed by atoms with Gasteiger partial charge in [0.15, 0.2) is 0 Å². The summed E-state index contributed by atoms with van der Waals surface area (Å²) >= 11 is 0. The quantitative estimate of drug-likeness (QED) is 0.885. The molecule has 1 amide bonds. The van der Waals surface area contributed by atoms with Crippen LogP contribution in [0, 0.1) is 0 Å². The summed E-state index contributed by atoms with van der Waals surface area (Å²) in [6.07, 6.45) is 3.81. The molecule has 0 saturated heterocycles. The van der Waals surface area contributed by atoms with Crippen molar-refractivity contribution in [1.82, 2.24) is 15.3 Å². The first-order chi connectivity index (χ1) is 12.3. The van der Waals surface area contributed by atoms with Crippen molar-refractivity contribution in [2.75, 3.05) is 11.9 Å². The van der Waals surface area contributed by atoms with E-state index >= 15 is 0 Å². The van der Waals surface area contributed by atoms with Gasteiger partial charge >= 0.3 is 6.09 Å². The smallest absolute Gasteiger partial charge is 0.407 e. The van der Waals surface area contributed by atoms with Gasteiger partial charge in [-0.3, -0.25) is 0 Å². The number of benzene rings is 1. The Balaban J connectivity index is 1.62. The van der Waals surface area contributed by atoms with E-state index in [0.717, 1.165) is 22.8 Å². The van der Waals surface area contributed by atoms with Crippen molar-refractivity contribution >= 4 is 12.0 Å². The summed E-state index contributed by atoms with van der Waals surface area (Å²) in [6.45, 7) is 5.96. The van der Waals surface area contributed by atoms with Crippen LogP contribution in [0.2, 0.25) is 0 Å². The number of nitrogens with zero attached hydrogens (tertiary/aromatic N) is 3. The zero-order chi connectivity index (χ0) is 18.7. The van der Waals surface area contributed by atoms with Crippen molar-refractivity contribution < 1.29 is 9.53 Å². The number of alkyl carbamates (subject to hydrolysis) is 1. The van der Waals surface area contributed by atoms with Crippen LogP contribution in [0.15, 0.2) is 36.5 Å². The molecule has 1 heterocycles. The Bertz CT molecular complexity index is 764. The molecule has 6 nitrogen and oxygen atoms in total. The molecule has 1 aromatic heterocycles. The van der Waals surface area contributed by atoms with Gasteiger partial charge in [-0.05, 0) is 45.2 Å². The van der Waals surface area contributed by atoms with Crippen molar-refractivity contribution in [1.29, 1.82) is 0 Å². The van der Waals surface area contributed by atoms with E-state index in [2.05, 4.69) is 20.2 Å². The predicted molar refractivity (Wildman–Crippen MR) is 102 cm³/mol. The Morgan fingerprint density at radius 1 is 1.23 bits per heavy atom. The molecule has 0 bridgehead atoms. The topological polar surface area (TPSA) is 67.4 Å². The number of anilines is 1. The van der Waals surface area contributed by atoms with Crippen LogP contribution in [-0.4, -0.2) is 34.8 Å². The molecule has 1 aromatic carbocycles. The fourth-order valence-electron chi connectivity index (χ4n) is 2.59. The Hall–Kier alpha value is -2.63. The van der Waals surface area contributed by atoms with Crippen molar-refractivity contribution in [2.24, 2.45) is 0 Å². The highest BCUT2D eigenvalue weighted by Crippen LogP contribution is 2.29. The van der Waals surface area contributed by atoms with E-state index in [1.807, 2.05) is 58.2 Å². The van der Waals surface area contributed by atoms with E-state index in [1.165, 1.54) is 12.8 Å². The zero-order valence-electron chi connectivity index (χ0n) is 15.8. The maximum Gasteiger partial charge on any atom is 0.407 e. The second-order valence-electron chi connectivity index (χ2n) is 7.64. The molecule has 0 unspecified atom stereocenters. The third kappa shape index (κ3) is 4.94. The molecule has 2 aromatic rings. The number of nitrogens with one attached hydrogen (secondary N) is 1. The summed E-state index contributed by atoms with van der Waals surface area (Å²) in [5.74, 6) is 0.765. The van der Waals surface area contributed by atoms with Crippen molar-refractivity contribution in [2.45, 2.75) is 51.8 Å². The first-order valence-electron chi connectivity index (χ1n) is 8.94. The van der Waals surface area contributed by atoms with Gasteiger partial charge in [-0.2, -0.15) is 0 Å². The molecule has 138 valence electrons. The van der Waals surface area contributed by atoms with Crippen LogP contribution in [0.4, 0.5) is 10.7 Å². The molecule has 1 aliphatic carbocycles. The largest absolute Gasteiger partial charge is 0.444 e. The normalized spacial score (nSPS) is 14.0. The van der Waals surface area contributed by atoms with Crippen LogP contribution < -0.4 is 10.2 Å². The molecular weight excluding hydrogens is 328 g/mol. The van der Waals surface area contributed by atoms with Gasteiger partial charge in [0.25, 0.3) is 0 Å². The number of carbonyl (C=O) groups is 1. The number of ether oxygens (including phenoxy) is 1. The minimum absolute atomic E-state index is 0.412. The van der Waals surface area contributed by atoms with E-state index < -0.39 is 11.7 Å². The van der Waals surface area contributed by atoms with Crippen LogP contribution in [0.25, 0.3) is 11.3 Å². The molecule has 1 saturated carbocycles. The van der Waals surface area contributed by atoms with Gasteiger partial charge in [-0.1, -0.05) is 24.3 Å². The molecule has 1 N–H and O–H groups in total. The zero-order valence-corrected chi connectivity index (χ0v) is 15.8. The standard InChI is InChI=1S/C20H26N4O2/c1-20(2,3)26-19(25)22-13-14-5-7-15(8-6-14)17-11-12-21-18(23-17)24(4)16-9-10-16/h5-8,11-12,16H,9-10,13H2,1-4H3,(H,22,25). The van der Waals surface area contributed by atoms with Crippen LogP contribution >= 0.6 is 0 Å². The second kappa shape index (κ2) is 7.32. The lowest BCUT2D eigenvalue weighted by molar-refractivity contribution is 0.0523. The molecule has 0 atom stereocenters. The maximum absolute atomic E-state index is 11.7. The fraction of sp³-hybridized carbons (Fsp3) is 0.450. The first kappa shape index (κ1) is 18.2. The Morgan fingerprint density at radius 3 is 2.54 bits per heavy atom. The minimum Gasteiger partial charge on any atom is -0.444 e. The molecule has 1 aliphatic rings. The average Bonchev–Trinajstić information content (AvgIpc) is 3.43.